The molecule has 0 amide bonds. The Bertz CT molecular complexity index is 914. The number of carbonyl (C=O) groups excluding carboxylic acids is 1. The molecule has 2 rings (SSSR count). The van der Waals surface area contributed by atoms with Gasteiger partial charge in [-0.3, -0.25) is 4.57 Å². The van der Waals surface area contributed by atoms with Crippen LogP contribution < -0.4 is 5.32 Å². The van der Waals surface area contributed by atoms with Crippen LogP contribution in [-0.4, -0.2) is 35.0 Å². The van der Waals surface area contributed by atoms with E-state index in [0.717, 1.165) is 6.07 Å². The SMILES string of the molecule is CCOC(=O)c1ccc(NC(c2ccc(O)cc2O)P(=O)(OC(C)C)OC(C)C)cc1. The van der Waals surface area contributed by atoms with Crippen LogP contribution in [0.15, 0.2) is 42.5 Å². The lowest BCUT2D eigenvalue weighted by atomic mass is 10.1. The van der Waals surface area contributed by atoms with Gasteiger partial charge in [-0.15, -0.1) is 0 Å². The van der Waals surface area contributed by atoms with Gasteiger partial charge in [-0.1, -0.05) is 0 Å². The van der Waals surface area contributed by atoms with E-state index in [4.69, 9.17) is 13.8 Å². The summed E-state index contributed by atoms with van der Waals surface area (Å²) in [6, 6.07) is 10.4. The first kappa shape index (κ1) is 24.7. The lowest BCUT2D eigenvalue weighted by Gasteiger charge is -2.31. The molecule has 170 valence electrons. The van der Waals surface area contributed by atoms with Gasteiger partial charge < -0.3 is 29.3 Å². The summed E-state index contributed by atoms with van der Waals surface area (Å²) >= 11 is 0. The van der Waals surface area contributed by atoms with Crippen LogP contribution in [0.2, 0.25) is 0 Å². The van der Waals surface area contributed by atoms with E-state index in [0.29, 0.717) is 11.3 Å². The molecule has 0 aliphatic carbocycles. The van der Waals surface area contributed by atoms with Gasteiger partial charge in [-0.25, -0.2) is 4.79 Å². The van der Waals surface area contributed by atoms with Gasteiger partial charge in [-0.2, -0.15) is 0 Å². The van der Waals surface area contributed by atoms with Crippen molar-refractivity contribution in [3.05, 3.63) is 53.6 Å². The second-order valence-corrected chi connectivity index (χ2v) is 9.45. The van der Waals surface area contributed by atoms with Crippen molar-refractivity contribution in [3.63, 3.8) is 0 Å². The minimum absolute atomic E-state index is 0.136. The molecular formula is C22H30NO7P. The Morgan fingerprint density at radius 2 is 1.58 bits per heavy atom. The smallest absolute Gasteiger partial charge is 0.357 e. The maximum Gasteiger partial charge on any atom is 0.357 e. The molecule has 0 saturated heterocycles. The maximum absolute atomic E-state index is 13.9. The van der Waals surface area contributed by atoms with Crippen LogP contribution in [0.1, 0.15) is 56.3 Å². The van der Waals surface area contributed by atoms with Crippen molar-refractivity contribution in [1.29, 1.82) is 0 Å². The monoisotopic (exact) mass is 451 g/mol. The summed E-state index contributed by atoms with van der Waals surface area (Å²) in [5.41, 5.74) is 1.12. The predicted molar refractivity (Wildman–Crippen MR) is 119 cm³/mol. The van der Waals surface area contributed by atoms with Gasteiger partial charge in [0.2, 0.25) is 0 Å². The van der Waals surface area contributed by atoms with Gasteiger partial charge in [0.1, 0.15) is 11.5 Å². The highest BCUT2D eigenvalue weighted by atomic mass is 31.2. The highest BCUT2D eigenvalue weighted by Gasteiger charge is 2.41. The molecule has 1 unspecified atom stereocenters. The summed E-state index contributed by atoms with van der Waals surface area (Å²) in [5.74, 6) is -1.92. The zero-order chi connectivity index (χ0) is 23.2. The summed E-state index contributed by atoms with van der Waals surface area (Å²) in [6.45, 7) is 8.93. The third kappa shape index (κ3) is 6.72. The quantitative estimate of drug-likeness (QED) is 0.324. The van der Waals surface area contributed by atoms with Crippen LogP contribution in [-0.2, 0) is 18.3 Å². The Labute approximate surface area is 182 Å². The van der Waals surface area contributed by atoms with Gasteiger partial charge >= 0.3 is 13.6 Å². The van der Waals surface area contributed by atoms with Gasteiger partial charge in [0.25, 0.3) is 0 Å². The Balaban J connectivity index is 2.49. The van der Waals surface area contributed by atoms with E-state index in [1.165, 1.54) is 12.1 Å². The van der Waals surface area contributed by atoms with E-state index in [1.807, 2.05) is 0 Å². The third-order valence-corrected chi connectivity index (χ3v) is 6.51. The number of ether oxygens (including phenoxy) is 1. The van der Waals surface area contributed by atoms with E-state index in [9.17, 15) is 19.6 Å². The van der Waals surface area contributed by atoms with Crippen molar-refractivity contribution in [3.8, 4) is 11.5 Å². The molecule has 0 heterocycles. The topological polar surface area (TPSA) is 114 Å². The molecule has 0 aliphatic rings. The summed E-state index contributed by atoms with van der Waals surface area (Å²) in [7, 11) is -3.86. The highest BCUT2D eigenvalue weighted by molar-refractivity contribution is 7.54. The highest BCUT2D eigenvalue weighted by Crippen LogP contribution is 2.63. The van der Waals surface area contributed by atoms with Crippen molar-refractivity contribution in [2.45, 2.75) is 52.6 Å². The lowest BCUT2D eigenvalue weighted by Crippen LogP contribution is -2.19. The summed E-state index contributed by atoms with van der Waals surface area (Å²) < 4.78 is 30.3. The fourth-order valence-corrected chi connectivity index (χ4v) is 5.23. The van der Waals surface area contributed by atoms with Gasteiger partial charge in [0.15, 0.2) is 5.78 Å². The number of anilines is 1. The molecule has 0 spiro atoms. The summed E-state index contributed by atoms with van der Waals surface area (Å²) in [4.78, 5) is 11.9. The average Bonchev–Trinajstić information content (AvgIpc) is 2.66. The lowest BCUT2D eigenvalue weighted by molar-refractivity contribution is 0.0526. The molecule has 8 nitrogen and oxygen atoms in total. The molecule has 31 heavy (non-hydrogen) atoms. The Morgan fingerprint density at radius 1 is 1.00 bits per heavy atom. The number of esters is 1. The van der Waals surface area contributed by atoms with Crippen LogP contribution in [0, 0.1) is 0 Å². The zero-order valence-electron chi connectivity index (χ0n) is 18.4. The van der Waals surface area contributed by atoms with E-state index in [-0.39, 0.29) is 23.7 Å². The minimum Gasteiger partial charge on any atom is -0.508 e. The molecule has 0 aromatic heterocycles. The zero-order valence-corrected chi connectivity index (χ0v) is 19.3. The molecule has 1 atom stereocenters. The maximum atomic E-state index is 13.9. The Morgan fingerprint density at radius 3 is 2.06 bits per heavy atom. The first-order chi connectivity index (χ1) is 14.6. The van der Waals surface area contributed by atoms with E-state index >= 15 is 0 Å². The summed E-state index contributed by atoms with van der Waals surface area (Å²) in [6.07, 6.45) is -0.835. The van der Waals surface area contributed by atoms with Crippen molar-refractivity contribution in [1.82, 2.24) is 0 Å². The normalized spacial score (nSPS) is 12.7. The number of carbonyl (C=O) groups is 1. The molecule has 0 aliphatic heterocycles. The first-order valence-electron chi connectivity index (χ1n) is 10.1. The van der Waals surface area contributed by atoms with E-state index in [1.54, 1.807) is 58.9 Å². The largest absolute Gasteiger partial charge is 0.508 e. The minimum atomic E-state index is -3.86. The van der Waals surface area contributed by atoms with Gasteiger partial charge in [0, 0.05) is 17.3 Å². The fourth-order valence-electron chi connectivity index (χ4n) is 2.90. The number of nitrogens with one attached hydrogen (secondary N) is 1. The van der Waals surface area contributed by atoms with Crippen molar-refractivity contribution < 1.29 is 33.4 Å². The van der Waals surface area contributed by atoms with Crippen molar-refractivity contribution >= 4 is 19.3 Å². The molecule has 0 fully saturated rings. The van der Waals surface area contributed by atoms with Crippen LogP contribution in [0.25, 0.3) is 0 Å². The van der Waals surface area contributed by atoms with Crippen LogP contribution in [0.5, 0.6) is 11.5 Å². The number of aromatic hydroxyl groups is 2. The Kier molecular flexibility index (Phi) is 8.51. The van der Waals surface area contributed by atoms with Crippen LogP contribution in [0.3, 0.4) is 0 Å². The number of rotatable bonds is 10. The van der Waals surface area contributed by atoms with E-state index < -0.39 is 31.6 Å². The molecule has 2 aromatic carbocycles. The number of benzene rings is 2. The number of phenolic OH excluding ortho intramolecular Hbond substituents is 2. The molecule has 9 heteroatoms. The third-order valence-electron chi connectivity index (χ3n) is 4.04. The number of hydrogen-bond donors (Lipinski definition) is 3. The van der Waals surface area contributed by atoms with Gasteiger partial charge in [0.05, 0.1) is 24.4 Å². The van der Waals surface area contributed by atoms with E-state index in [2.05, 4.69) is 5.32 Å². The second kappa shape index (κ2) is 10.7. The molecule has 2 aromatic rings. The molecule has 0 radical (unpaired) electrons. The van der Waals surface area contributed by atoms with Gasteiger partial charge in [-0.05, 0) is 71.0 Å². The van der Waals surface area contributed by atoms with Crippen molar-refractivity contribution in [2.24, 2.45) is 0 Å². The molecule has 3 N–H and O–H groups in total. The Hall–Kier alpha value is -2.54. The molecule has 0 saturated carbocycles. The van der Waals surface area contributed by atoms with Crippen molar-refractivity contribution in [2.75, 3.05) is 11.9 Å². The first-order valence-corrected chi connectivity index (χ1v) is 11.7. The van der Waals surface area contributed by atoms with Crippen LogP contribution in [0.4, 0.5) is 5.69 Å². The van der Waals surface area contributed by atoms with Crippen LogP contribution >= 0.6 is 7.60 Å². The molecule has 0 bridgehead atoms. The second-order valence-electron chi connectivity index (χ2n) is 7.44. The number of hydrogen-bond acceptors (Lipinski definition) is 8. The summed E-state index contributed by atoms with van der Waals surface area (Å²) in [5, 5.41) is 23.2. The molecular weight excluding hydrogens is 421 g/mol. The predicted octanol–water partition coefficient (Wildman–Crippen LogP) is 5.43. The fraction of sp³-hybridized carbons (Fsp3) is 0.409. The standard InChI is InChI=1S/C22H30NO7P/c1-6-28-22(26)16-7-9-17(10-8-16)23-21(19-12-11-18(24)13-20(19)25)31(27,29-14(2)3)30-15(4)5/h7-15,21,23-25H,6H2,1-5H3. The average molecular weight is 451 g/mol. The number of phenols is 2.